The van der Waals surface area contributed by atoms with E-state index in [0.717, 1.165) is 51.9 Å². The lowest BCUT2D eigenvalue weighted by molar-refractivity contribution is 0.0342. The zero-order chi connectivity index (χ0) is 18.0. The van der Waals surface area contributed by atoms with Gasteiger partial charge in [0, 0.05) is 32.7 Å². The second-order valence-corrected chi connectivity index (χ2v) is 7.17. The number of hydrogen-bond acceptors (Lipinski definition) is 4. The van der Waals surface area contributed by atoms with E-state index in [2.05, 4.69) is 68.5 Å². The second kappa shape index (κ2) is 12.3. The molecule has 1 aliphatic rings. The number of hydrogen-bond donors (Lipinski definition) is 2. The largest absolute Gasteiger partial charge is 0.379 e. The van der Waals surface area contributed by atoms with Crippen LogP contribution in [0.4, 0.5) is 0 Å². The molecule has 5 nitrogen and oxygen atoms in total. The molecule has 7 heteroatoms. The summed E-state index contributed by atoms with van der Waals surface area (Å²) in [5, 5.41) is 10.9. The van der Waals surface area contributed by atoms with E-state index in [1.165, 1.54) is 16.7 Å². The van der Waals surface area contributed by atoms with Crippen molar-refractivity contribution in [2.45, 2.75) is 26.6 Å². The third-order valence-corrected chi connectivity index (χ3v) is 5.07. The molecule has 0 amide bonds. The van der Waals surface area contributed by atoms with Gasteiger partial charge in [-0.2, -0.15) is 11.3 Å². The van der Waals surface area contributed by atoms with Gasteiger partial charge in [-0.3, -0.25) is 4.90 Å². The van der Waals surface area contributed by atoms with Crippen molar-refractivity contribution in [2.75, 3.05) is 32.8 Å². The monoisotopic (exact) mass is 500 g/mol. The van der Waals surface area contributed by atoms with Crippen molar-refractivity contribution in [2.24, 2.45) is 4.99 Å². The van der Waals surface area contributed by atoms with Crippen molar-refractivity contribution in [1.29, 1.82) is 0 Å². The van der Waals surface area contributed by atoms with Crippen molar-refractivity contribution in [3.8, 4) is 0 Å². The van der Waals surface area contributed by atoms with Gasteiger partial charge in [-0.25, -0.2) is 4.99 Å². The molecule has 2 aromatic rings. The molecule has 1 aromatic heterocycles. The quantitative estimate of drug-likeness (QED) is 0.348. The van der Waals surface area contributed by atoms with E-state index in [1.807, 2.05) is 0 Å². The fourth-order valence-corrected chi connectivity index (χ4v) is 3.52. The Labute approximate surface area is 183 Å². The van der Waals surface area contributed by atoms with Gasteiger partial charge < -0.3 is 15.4 Å². The maximum absolute atomic E-state index is 5.41. The van der Waals surface area contributed by atoms with E-state index in [1.54, 1.807) is 11.3 Å². The fourth-order valence-electron chi connectivity index (χ4n) is 2.86. The highest BCUT2D eigenvalue weighted by atomic mass is 127. The fraction of sp³-hybridized carbons (Fsp3) is 0.450. The summed E-state index contributed by atoms with van der Waals surface area (Å²) in [6.45, 7) is 9.16. The topological polar surface area (TPSA) is 48.9 Å². The minimum absolute atomic E-state index is 0. The molecule has 1 fully saturated rings. The van der Waals surface area contributed by atoms with Gasteiger partial charge in [0.15, 0.2) is 5.96 Å². The Morgan fingerprint density at radius 1 is 1.07 bits per heavy atom. The molecule has 3 rings (SSSR count). The molecule has 1 aliphatic heterocycles. The highest BCUT2D eigenvalue weighted by molar-refractivity contribution is 14.0. The Balaban J connectivity index is 0.00000261. The molecule has 2 heterocycles. The summed E-state index contributed by atoms with van der Waals surface area (Å²) in [6.07, 6.45) is 0. The van der Waals surface area contributed by atoms with Crippen molar-refractivity contribution >= 4 is 41.3 Å². The van der Waals surface area contributed by atoms with Crippen LogP contribution < -0.4 is 10.6 Å². The van der Waals surface area contributed by atoms with E-state index >= 15 is 0 Å². The van der Waals surface area contributed by atoms with E-state index in [0.29, 0.717) is 6.54 Å². The van der Waals surface area contributed by atoms with Crippen LogP contribution in [0.1, 0.15) is 23.6 Å². The van der Waals surface area contributed by atoms with Gasteiger partial charge in [0.05, 0.1) is 19.8 Å². The average molecular weight is 500 g/mol. The number of benzene rings is 1. The molecule has 1 saturated heterocycles. The van der Waals surface area contributed by atoms with E-state index < -0.39 is 0 Å². The molecule has 1 aromatic carbocycles. The standard InChI is InChI=1S/C20H28N4OS.HI/c1-2-21-20(23-14-19-7-12-26-16-19)22-13-17-3-5-18(6-4-17)15-24-8-10-25-11-9-24;/h3-7,12,16H,2,8-11,13-15H2,1H3,(H2,21,22,23);1H. The van der Waals surface area contributed by atoms with Gasteiger partial charge in [-0.15, -0.1) is 24.0 Å². The highest BCUT2D eigenvalue weighted by Crippen LogP contribution is 2.10. The van der Waals surface area contributed by atoms with Crippen LogP contribution in [0, 0.1) is 0 Å². The van der Waals surface area contributed by atoms with Crippen LogP contribution in [0.3, 0.4) is 0 Å². The van der Waals surface area contributed by atoms with Crippen molar-refractivity contribution in [1.82, 2.24) is 15.5 Å². The van der Waals surface area contributed by atoms with Gasteiger partial charge in [0.2, 0.25) is 0 Å². The predicted molar refractivity (Wildman–Crippen MR) is 124 cm³/mol. The maximum atomic E-state index is 5.41. The van der Waals surface area contributed by atoms with E-state index in [-0.39, 0.29) is 24.0 Å². The Morgan fingerprint density at radius 2 is 1.81 bits per heavy atom. The molecule has 148 valence electrons. The van der Waals surface area contributed by atoms with Crippen LogP contribution in [0.15, 0.2) is 46.1 Å². The molecule has 27 heavy (non-hydrogen) atoms. The van der Waals surface area contributed by atoms with Gasteiger partial charge in [0.25, 0.3) is 0 Å². The molecule has 0 radical (unpaired) electrons. The van der Waals surface area contributed by atoms with Crippen molar-refractivity contribution < 1.29 is 4.74 Å². The molecule has 0 unspecified atom stereocenters. The SMILES string of the molecule is CCNC(=NCc1ccsc1)NCc1ccc(CN2CCOCC2)cc1.I. The lowest BCUT2D eigenvalue weighted by atomic mass is 10.1. The summed E-state index contributed by atoms with van der Waals surface area (Å²) in [5.41, 5.74) is 3.87. The van der Waals surface area contributed by atoms with Gasteiger partial charge in [0.1, 0.15) is 0 Å². The number of rotatable bonds is 7. The van der Waals surface area contributed by atoms with Crippen molar-refractivity contribution in [3.05, 3.63) is 57.8 Å². The minimum Gasteiger partial charge on any atom is -0.379 e. The van der Waals surface area contributed by atoms with Crippen LogP contribution in [0.25, 0.3) is 0 Å². The zero-order valence-corrected chi connectivity index (χ0v) is 19.0. The average Bonchev–Trinajstić information content (AvgIpc) is 3.20. The molecular weight excluding hydrogens is 471 g/mol. The summed E-state index contributed by atoms with van der Waals surface area (Å²) >= 11 is 1.71. The van der Waals surface area contributed by atoms with Crippen LogP contribution >= 0.6 is 35.3 Å². The Kier molecular flexibility index (Phi) is 10.1. The first kappa shape index (κ1) is 22.1. The third-order valence-electron chi connectivity index (χ3n) is 4.34. The molecule has 0 bridgehead atoms. The number of halogens is 1. The lowest BCUT2D eigenvalue weighted by Gasteiger charge is -2.26. The number of aliphatic imine (C=N–C) groups is 1. The van der Waals surface area contributed by atoms with Crippen LogP contribution in [0.2, 0.25) is 0 Å². The first-order valence-electron chi connectivity index (χ1n) is 9.24. The number of nitrogens with one attached hydrogen (secondary N) is 2. The molecular formula is C20H29IN4OS. The molecule has 0 spiro atoms. The van der Waals surface area contributed by atoms with Crippen LogP contribution in [0.5, 0.6) is 0 Å². The predicted octanol–water partition coefficient (Wildman–Crippen LogP) is 3.45. The van der Waals surface area contributed by atoms with Gasteiger partial charge >= 0.3 is 0 Å². The first-order valence-corrected chi connectivity index (χ1v) is 10.2. The molecule has 2 N–H and O–H groups in total. The normalized spacial score (nSPS) is 15.2. The van der Waals surface area contributed by atoms with E-state index in [9.17, 15) is 0 Å². The first-order chi connectivity index (χ1) is 12.8. The molecule has 0 saturated carbocycles. The highest BCUT2D eigenvalue weighted by Gasteiger charge is 2.10. The number of thiophene rings is 1. The third kappa shape index (κ3) is 7.77. The number of morpholine rings is 1. The Hall–Kier alpha value is -1.16. The maximum Gasteiger partial charge on any atom is 0.191 e. The zero-order valence-electron chi connectivity index (χ0n) is 15.8. The van der Waals surface area contributed by atoms with Crippen LogP contribution in [-0.4, -0.2) is 43.7 Å². The summed E-state index contributed by atoms with van der Waals surface area (Å²) in [5.74, 6) is 0.857. The second-order valence-electron chi connectivity index (χ2n) is 6.39. The summed E-state index contributed by atoms with van der Waals surface area (Å²) in [6, 6.07) is 11.0. The van der Waals surface area contributed by atoms with E-state index in [4.69, 9.17) is 4.74 Å². The molecule has 0 aliphatic carbocycles. The van der Waals surface area contributed by atoms with Gasteiger partial charge in [-0.1, -0.05) is 24.3 Å². The lowest BCUT2D eigenvalue weighted by Crippen LogP contribution is -2.36. The number of nitrogens with zero attached hydrogens (tertiary/aromatic N) is 2. The number of guanidine groups is 1. The Bertz CT molecular complexity index is 670. The minimum atomic E-state index is 0. The smallest absolute Gasteiger partial charge is 0.191 e. The van der Waals surface area contributed by atoms with Crippen molar-refractivity contribution in [3.63, 3.8) is 0 Å². The Morgan fingerprint density at radius 3 is 2.48 bits per heavy atom. The molecule has 0 atom stereocenters. The summed E-state index contributed by atoms with van der Waals surface area (Å²) < 4.78 is 5.41. The van der Waals surface area contributed by atoms with Gasteiger partial charge in [-0.05, 0) is 40.4 Å². The summed E-state index contributed by atoms with van der Waals surface area (Å²) in [4.78, 5) is 7.09. The number of ether oxygens (including phenoxy) is 1. The van der Waals surface area contributed by atoms with Crippen LogP contribution in [-0.2, 0) is 24.4 Å². The summed E-state index contributed by atoms with van der Waals surface area (Å²) in [7, 11) is 0.